The molecule has 1 aliphatic rings. The third kappa shape index (κ3) is 3.49. The van der Waals surface area contributed by atoms with Crippen LogP contribution in [0.3, 0.4) is 0 Å². The molecule has 4 nitrogen and oxygen atoms in total. The largest absolute Gasteiger partial charge is 0.288 e. The zero-order valence-electron chi connectivity index (χ0n) is 17.7. The normalized spacial score (nSPS) is 17.5. The van der Waals surface area contributed by atoms with Crippen molar-refractivity contribution < 1.29 is 10.0 Å². The van der Waals surface area contributed by atoms with Crippen molar-refractivity contribution >= 4 is 38.7 Å². The summed E-state index contributed by atoms with van der Waals surface area (Å²) in [4.78, 5) is 18.2. The predicted octanol–water partition coefficient (Wildman–Crippen LogP) is 6.46. The van der Waals surface area contributed by atoms with Crippen molar-refractivity contribution in [2.45, 2.75) is 44.9 Å². The van der Waals surface area contributed by atoms with Crippen LogP contribution < -0.4 is 5.48 Å². The second kappa shape index (κ2) is 7.55. The molecular formula is C25H24N2O2S2. The number of carbonyl (C=O) groups is 1. The number of thiazole rings is 1. The van der Waals surface area contributed by atoms with Crippen LogP contribution in [-0.4, -0.2) is 16.1 Å². The molecule has 0 saturated heterocycles. The van der Waals surface area contributed by atoms with Gasteiger partial charge in [0.05, 0.1) is 15.6 Å². The summed E-state index contributed by atoms with van der Waals surface area (Å²) in [5, 5.41) is 13.7. The minimum atomic E-state index is -0.469. The van der Waals surface area contributed by atoms with Gasteiger partial charge in [-0.05, 0) is 65.5 Å². The van der Waals surface area contributed by atoms with Crippen molar-refractivity contribution in [3.8, 4) is 10.6 Å². The SMILES string of the molecule is Cc1c(-c2csc(C3Cc4ccc(C(=O)NO)cc4C(C)(C)C3)n2)sc2ccccc12. The second-order valence-electron chi connectivity index (χ2n) is 8.93. The number of benzene rings is 2. The van der Waals surface area contributed by atoms with E-state index in [-0.39, 0.29) is 5.41 Å². The summed E-state index contributed by atoms with van der Waals surface area (Å²) in [6.45, 7) is 6.64. The fraction of sp³-hybridized carbons (Fsp3) is 0.280. The van der Waals surface area contributed by atoms with Gasteiger partial charge >= 0.3 is 0 Å². The Hall–Kier alpha value is -2.54. The van der Waals surface area contributed by atoms with Gasteiger partial charge in [0.25, 0.3) is 5.91 Å². The van der Waals surface area contributed by atoms with Gasteiger partial charge in [-0.1, -0.05) is 38.1 Å². The standard InChI is InChI=1S/C25H24N2O2S2/c1-14-18-6-4-5-7-21(18)31-22(14)20-13-30-24(26-20)17-10-15-8-9-16(23(28)27-29)11-19(15)25(2,3)12-17/h4-9,11,13,17,29H,10,12H2,1-3H3,(H,27,28). The highest BCUT2D eigenvalue weighted by Gasteiger charge is 2.35. The maximum Gasteiger partial charge on any atom is 0.274 e. The van der Waals surface area contributed by atoms with Gasteiger partial charge in [-0.3, -0.25) is 10.0 Å². The molecule has 0 spiro atoms. The lowest BCUT2D eigenvalue weighted by atomic mass is 9.68. The molecule has 0 radical (unpaired) electrons. The fourth-order valence-corrected chi connectivity index (χ4v) is 6.98. The Morgan fingerprint density at radius 3 is 2.81 bits per heavy atom. The van der Waals surface area contributed by atoms with Gasteiger partial charge < -0.3 is 0 Å². The van der Waals surface area contributed by atoms with E-state index < -0.39 is 5.91 Å². The van der Waals surface area contributed by atoms with Crippen LogP contribution in [0.15, 0.2) is 47.8 Å². The number of thiophene rings is 1. The number of rotatable bonds is 3. The van der Waals surface area contributed by atoms with E-state index in [2.05, 4.69) is 50.4 Å². The Kier molecular flexibility index (Phi) is 4.96. The lowest BCUT2D eigenvalue weighted by Crippen LogP contribution is -2.30. The maximum atomic E-state index is 11.9. The van der Waals surface area contributed by atoms with E-state index in [0.717, 1.165) is 18.5 Å². The highest BCUT2D eigenvalue weighted by atomic mass is 32.1. The molecule has 1 unspecified atom stereocenters. The first kappa shape index (κ1) is 20.4. The van der Waals surface area contributed by atoms with Crippen LogP contribution in [0.5, 0.6) is 0 Å². The Bertz CT molecular complexity index is 1300. The Labute approximate surface area is 189 Å². The molecule has 2 aromatic carbocycles. The molecule has 0 bridgehead atoms. The average Bonchev–Trinajstić information content (AvgIpc) is 3.38. The Balaban J connectivity index is 1.48. The number of aromatic nitrogens is 1. The van der Waals surface area contributed by atoms with Gasteiger partial charge in [0.15, 0.2) is 0 Å². The van der Waals surface area contributed by atoms with Crippen molar-refractivity contribution in [1.29, 1.82) is 0 Å². The molecule has 1 amide bonds. The first-order valence-corrected chi connectivity index (χ1v) is 12.1. The Morgan fingerprint density at radius 2 is 2.03 bits per heavy atom. The van der Waals surface area contributed by atoms with Crippen LogP contribution in [-0.2, 0) is 11.8 Å². The number of amides is 1. The van der Waals surface area contributed by atoms with Gasteiger partial charge in [0.2, 0.25) is 0 Å². The molecule has 1 atom stereocenters. The predicted molar refractivity (Wildman–Crippen MR) is 127 cm³/mol. The molecule has 2 aromatic heterocycles. The van der Waals surface area contributed by atoms with E-state index in [1.54, 1.807) is 22.9 Å². The number of aryl methyl sites for hydroxylation is 1. The number of nitrogens with zero attached hydrogens (tertiary/aromatic N) is 1. The molecule has 31 heavy (non-hydrogen) atoms. The molecular weight excluding hydrogens is 424 g/mol. The van der Waals surface area contributed by atoms with Crippen LogP contribution in [0.25, 0.3) is 20.7 Å². The topological polar surface area (TPSA) is 62.2 Å². The number of carbonyl (C=O) groups excluding carboxylic acids is 1. The monoisotopic (exact) mass is 448 g/mol. The van der Waals surface area contributed by atoms with E-state index in [0.29, 0.717) is 11.5 Å². The van der Waals surface area contributed by atoms with E-state index in [9.17, 15) is 4.79 Å². The van der Waals surface area contributed by atoms with Gasteiger partial charge in [0.1, 0.15) is 0 Å². The summed E-state index contributed by atoms with van der Waals surface area (Å²) >= 11 is 3.57. The molecule has 2 heterocycles. The first-order valence-electron chi connectivity index (χ1n) is 10.4. The van der Waals surface area contributed by atoms with Gasteiger partial charge in [0, 0.05) is 21.6 Å². The summed E-state index contributed by atoms with van der Waals surface area (Å²) in [6.07, 6.45) is 1.89. The number of hydrogen-bond acceptors (Lipinski definition) is 5. The molecule has 2 N–H and O–H groups in total. The average molecular weight is 449 g/mol. The maximum absolute atomic E-state index is 11.9. The third-order valence-corrected chi connectivity index (χ3v) is 8.68. The van der Waals surface area contributed by atoms with Crippen LogP contribution in [0.4, 0.5) is 0 Å². The van der Waals surface area contributed by atoms with Crippen molar-refractivity contribution in [1.82, 2.24) is 10.5 Å². The third-order valence-electron chi connectivity index (χ3n) is 6.37. The zero-order chi connectivity index (χ0) is 21.8. The summed E-state index contributed by atoms with van der Waals surface area (Å²) < 4.78 is 1.31. The number of hydroxylamine groups is 1. The van der Waals surface area contributed by atoms with Crippen LogP contribution in [0, 0.1) is 6.92 Å². The highest BCUT2D eigenvalue weighted by molar-refractivity contribution is 7.22. The summed E-state index contributed by atoms with van der Waals surface area (Å²) in [5.41, 5.74) is 6.97. The van der Waals surface area contributed by atoms with Crippen LogP contribution >= 0.6 is 22.7 Å². The van der Waals surface area contributed by atoms with E-state index in [1.165, 1.54) is 36.7 Å². The van der Waals surface area contributed by atoms with E-state index in [4.69, 9.17) is 10.2 Å². The van der Waals surface area contributed by atoms with Crippen molar-refractivity contribution in [2.24, 2.45) is 0 Å². The number of hydrogen-bond donors (Lipinski definition) is 2. The van der Waals surface area contributed by atoms with Crippen molar-refractivity contribution in [3.63, 3.8) is 0 Å². The number of nitrogens with one attached hydrogen (secondary N) is 1. The summed E-state index contributed by atoms with van der Waals surface area (Å²) in [6, 6.07) is 14.3. The number of fused-ring (bicyclic) bond motifs is 2. The minimum absolute atomic E-state index is 0.0800. The zero-order valence-corrected chi connectivity index (χ0v) is 19.4. The van der Waals surface area contributed by atoms with E-state index >= 15 is 0 Å². The van der Waals surface area contributed by atoms with Crippen molar-refractivity contribution in [3.05, 3.63) is 75.1 Å². The van der Waals surface area contributed by atoms with Crippen LogP contribution in [0.2, 0.25) is 0 Å². The minimum Gasteiger partial charge on any atom is -0.288 e. The highest BCUT2D eigenvalue weighted by Crippen LogP contribution is 2.46. The molecule has 4 aromatic rings. The van der Waals surface area contributed by atoms with Gasteiger partial charge in [-0.15, -0.1) is 22.7 Å². The smallest absolute Gasteiger partial charge is 0.274 e. The quantitative estimate of drug-likeness (QED) is 0.279. The second-order valence-corrected chi connectivity index (χ2v) is 10.9. The molecule has 0 fully saturated rings. The summed E-state index contributed by atoms with van der Waals surface area (Å²) in [7, 11) is 0. The van der Waals surface area contributed by atoms with Crippen molar-refractivity contribution in [2.75, 3.05) is 0 Å². The Morgan fingerprint density at radius 1 is 1.23 bits per heavy atom. The molecule has 0 saturated carbocycles. The molecule has 0 aliphatic heterocycles. The van der Waals surface area contributed by atoms with Gasteiger partial charge in [-0.2, -0.15) is 0 Å². The molecule has 6 heteroatoms. The van der Waals surface area contributed by atoms with Crippen LogP contribution in [0.1, 0.15) is 58.2 Å². The fourth-order valence-electron chi connectivity index (χ4n) is 4.83. The summed E-state index contributed by atoms with van der Waals surface area (Å²) in [5.74, 6) is -0.113. The lowest BCUT2D eigenvalue weighted by molar-refractivity contribution is 0.0706. The molecule has 158 valence electrons. The molecule has 5 rings (SSSR count). The van der Waals surface area contributed by atoms with Gasteiger partial charge in [-0.25, -0.2) is 10.5 Å². The van der Waals surface area contributed by atoms with E-state index in [1.807, 2.05) is 23.5 Å². The first-order chi connectivity index (χ1) is 14.9. The molecule has 1 aliphatic carbocycles. The lowest BCUT2D eigenvalue weighted by Gasteiger charge is -2.37.